The minimum absolute atomic E-state index is 0.0915. The number of carbonyl (C=O) groups is 2. The van der Waals surface area contributed by atoms with Crippen molar-refractivity contribution >= 4 is 22.6 Å². The van der Waals surface area contributed by atoms with E-state index in [0.29, 0.717) is 44.6 Å². The molecule has 0 unspecified atom stereocenters. The summed E-state index contributed by atoms with van der Waals surface area (Å²) in [5.74, 6) is -1.32. The van der Waals surface area contributed by atoms with E-state index >= 15 is 0 Å². The molecule has 1 aliphatic rings. The number of fused-ring (bicyclic) bond motifs is 1. The van der Waals surface area contributed by atoms with Crippen LogP contribution in [0.5, 0.6) is 5.75 Å². The van der Waals surface area contributed by atoms with E-state index in [9.17, 15) is 22.8 Å². The Morgan fingerprint density at radius 2 is 1.86 bits per heavy atom. The lowest BCUT2D eigenvalue weighted by atomic mass is 9.96. The van der Waals surface area contributed by atoms with Crippen LogP contribution < -0.4 is 4.74 Å². The van der Waals surface area contributed by atoms with Crippen molar-refractivity contribution in [3.63, 3.8) is 0 Å². The fraction of sp³-hybridized carbons (Fsp3) is 0.444. The van der Waals surface area contributed by atoms with Crippen LogP contribution >= 0.6 is 0 Å². The topological polar surface area (TPSA) is 73.7 Å². The van der Waals surface area contributed by atoms with Crippen molar-refractivity contribution in [2.45, 2.75) is 45.8 Å². The lowest BCUT2D eigenvalue weighted by Crippen LogP contribution is -2.39. The number of halogens is 3. The van der Waals surface area contributed by atoms with Crippen molar-refractivity contribution in [2.75, 3.05) is 26.8 Å². The molecule has 7 nitrogen and oxygen atoms in total. The maximum Gasteiger partial charge on any atom is 0.387 e. The fourth-order valence-corrected chi connectivity index (χ4v) is 4.79. The molecular formula is C27H30F3N3O4. The highest BCUT2D eigenvalue weighted by Gasteiger charge is 2.26. The molecule has 1 aromatic heterocycles. The quantitative estimate of drug-likeness (QED) is 0.271. The SMILES string of the molecule is COCCCC(=O)c1ccc2nn(CC3CCN(C(=O)c4ccc(OC(F)F)cc4F)CC3)cc2c1C. The van der Waals surface area contributed by atoms with Gasteiger partial charge in [0.1, 0.15) is 11.6 Å². The maximum absolute atomic E-state index is 14.3. The second kappa shape index (κ2) is 11.8. The molecule has 198 valence electrons. The zero-order valence-electron chi connectivity index (χ0n) is 20.9. The number of benzene rings is 2. The Morgan fingerprint density at radius 3 is 2.54 bits per heavy atom. The molecule has 37 heavy (non-hydrogen) atoms. The van der Waals surface area contributed by atoms with E-state index in [1.807, 2.05) is 29.9 Å². The third-order valence-corrected chi connectivity index (χ3v) is 6.80. The molecule has 2 heterocycles. The monoisotopic (exact) mass is 517 g/mol. The second-order valence-electron chi connectivity index (χ2n) is 9.30. The zero-order chi connectivity index (χ0) is 26.5. The van der Waals surface area contributed by atoms with Crippen LogP contribution in [0.4, 0.5) is 13.2 Å². The number of rotatable bonds is 10. The molecule has 3 aromatic rings. The summed E-state index contributed by atoms with van der Waals surface area (Å²) in [4.78, 5) is 27.0. The van der Waals surface area contributed by atoms with Gasteiger partial charge in [0.2, 0.25) is 0 Å². The fourth-order valence-electron chi connectivity index (χ4n) is 4.79. The number of amides is 1. The van der Waals surface area contributed by atoms with Gasteiger partial charge in [-0.3, -0.25) is 14.3 Å². The normalized spacial score (nSPS) is 14.5. The number of ketones is 1. The van der Waals surface area contributed by atoms with Crippen LogP contribution in [0.15, 0.2) is 36.5 Å². The largest absolute Gasteiger partial charge is 0.435 e. The summed E-state index contributed by atoms with van der Waals surface area (Å²) in [6, 6.07) is 6.85. The van der Waals surface area contributed by atoms with Gasteiger partial charge < -0.3 is 14.4 Å². The van der Waals surface area contributed by atoms with Crippen molar-refractivity contribution in [3.05, 3.63) is 59.0 Å². The van der Waals surface area contributed by atoms with Crippen molar-refractivity contribution < 1.29 is 32.2 Å². The first-order valence-corrected chi connectivity index (χ1v) is 12.3. The average molecular weight is 518 g/mol. The molecule has 1 fully saturated rings. The average Bonchev–Trinajstić information content (AvgIpc) is 3.27. The van der Waals surface area contributed by atoms with Crippen LogP contribution in [-0.2, 0) is 11.3 Å². The summed E-state index contributed by atoms with van der Waals surface area (Å²) in [5.41, 5.74) is 2.28. The number of aryl methyl sites for hydroxylation is 1. The molecule has 0 spiro atoms. The molecule has 1 aliphatic heterocycles. The van der Waals surface area contributed by atoms with E-state index in [2.05, 4.69) is 9.84 Å². The Morgan fingerprint density at radius 1 is 1.14 bits per heavy atom. The molecule has 0 atom stereocenters. The highest BCUT2D eigenvalue weighted by Crippen LogP contribution is 2.26. The molecule has 10 heteroatoms. The highest BCUT2D eigenvalue weighted by atomic mass is 19.3. The number of aromatic nitrogens is 2. The molecule has 0 N–H and O–H groups in total. The second-order valence-corrected chi connectivity index (χ2v) is 9.30. The third kappa shape index (κ3) is 6.30. The smallest absolute Gasteiger partial charge is 0.387 e. The van der Waals surface area contributed by atoms with Crippen LogP contribution in [0.3, 0.4) is 0 Å². The van der Waals surface area contributed by atoms with Crippen molar-refractivity contribution in [1.29, 1.82) is 0 Å². The first kappa shape index (κ1) is 26.7. The van der Waals surface area contributed by atoms with E-state index in [-0.39, 0.29) is 23.0 Å². The number of hydrogen-bond donors (Lipinski definition) is 0. The van der Waals surface area contributed by atoms with E-state index in [1.165, 1.54) is 6.07 Å². The summed E-state index contributed by atoms with van der Waals surface area (Å²) in [6.45, 7) is 1.00. The van der Waals surface area contributed by atoms with Crippen LogP contribution in [0.2, 0.25) is 0 Å². The molecular weight excluding hydrogens is 487 g/mol. The molecule has 0 radical (unpaired) electrons. The van der Waals surface area contributed by atoms with Gasteiger partial charge in [-0.2, -0.15) is 13.9 Å². The van der Waals surface area contributed by atoms with Crippen LogP contribution in [-0.4, -0.2) is 59.8 Å². The molecule has 2 aromatic carbocycles. The van der Waals surface area contributed by atoms with Crippen molar-refractivity contribution in [3.8, 4) is 5.75 Å². The number of Topliss-reactive ketones (excluding diaryl/α,β-unsaturated/α-hetero) is 1. The number of likely N-dealkylation sites (tertiary alicyclic amines) is 1. The lowest BCUT2D eigenvalue weighted by Gasteiger charge is -2.32. The molecule has 0 aliphatic carbocycles. The van der Waals surface area contributed by atoms with E-state index in [1.54, 1.807) is 12.0 Å². The lowest BCUT2D eigenvalue weighted by molar-refractivity contribution is -0.0500. The van der Waals surface area contributed by atoms with Gasteiger partial charge in [0.25, 0.3) is 5.91 Å². The van der Waals surface area contributed by atoms with Crippen molar-refractivity contribution in [1.82, 2.24) is 14.7 Å². The number of alkyl halides is 2. The zero-order valence-corrected chi connectivity index (χ0v) is 20.9. The summed E-state index contributed by atoms with van der Waals surface area (Å²) in [7, 11) is 1.62. The van der Waals surface area contributed by atoms with Gasteiger partial charge in [-0.1, -0.05) is 0 Å². The molecule has 4 rings (SSSR count). The van der Waals surface area contributed by atoms with Crippen LogP contribution in [0.1, 0.15) is 52.0 Å². The van der Waals surface area contributed by atoms with E-state index in [4.69, 9.17) is 4.74 Å². The number of methoxy groups -OCH3 is 1. The molecule has 1 amide bonds. The molecule has 0 bridgehead atoms. The summed E-state index contributed by atoms with van der Waals surface area (Å²) >= 11 is 0. The predicted molar refractivity (Wildman–Crippen MR) is 132 cm³/mol. The molecule has 0 saturated carbocycles. The number of piperidine rings is 1. The van der Waals surface area contributed by atoms with Crippen molar-refractivity contribution in [2.24, 2.45) is 5.92 Å². The van der Waals surface area contributed by atoms with Gasteiger partial charge >= 0.3 is 6.61 Å². The van der Waals surface area contributed by atoms with Gasteiger partial charge in [0.05, 0.1) is 11.1 Å². The van der Waals surface area contributed by atoms with Gasteiger partial charge in [-0.25, -0.2) is 4.39 Å². The number of carbonyl (C=O) groups excluding carboxylic acids is 2. The minimum atomic E-state index is -3.06. The van der Waals surface area contributed by atoms with E-state index < -0.39 is 18.3 Å². The number of hydrogen-bond acceptors (Lipinski definition) is 5. The minimum Gasteiger partial charge on any atom is -0.435 e. The Hall–Kier alpha value is -3.40. The first-order valence-electron chi connectivity index (χ1n) is 12.3. The van der Waals surface area contributed by atoms with Crippen LogP contribution in [0, 0.1) is 18.7 Å². The van der Waals surface area contributed by atoms with E-state index in [0.717, 1.165) is 41.4 Å². The van der Waals surface area contributed by atoms with Gasteiger partial charge in [-0.05, 0) is 61.9 Å². The Balaban J connectivity index is 1.36. The summed E-state index contributed by atoms with van der Waals surface area (Å²) < 4.78 is 50.1. The Kier molecular flexibility index (Phi) is 8.48. The van der Waals surface area contributed by atoms with Gasteiger partial charge in [0.15, 0.2) is 5.78 Å². The maximum atomic E-state index is 14.3. The third-order valence-electron chi connectivity index (χ3n) is 6.80. The number of ether oxygens (including phenoxy) is 2. The highest BCUT2D eigenvalue weighted by molar-refractivity contribution is 6.01. The van der Waals surface area contributed by atoms with Crippen LogP contribution in [0.25, 0.3) is 10.9 Å². The van der Waals surface area contributed by atoms with Gasteiger partial charge in [-0.15, -0.1) is 0 Å². The number of nitrogens with zero attached hydrogens (tertiary/aromatic N) is 3. The molecule has 1 saturated heterocycles. The van der Waals surface area contributed by atoms with Gasteiger partial charge in [0, 0.05) is 63.0 Å². The summed E-state index contributed by atoms with van der Waals surface area (Å²) in [6.07, 6.45) is 4.52. The Bertz CT molecular complexity index is 1270. The first-order chi connectivity index (χ1) is 17.8. The summed E-state index contributed by atoms with van der Waals surface area (Å²) in [5, 5.41) is 5.62. The predicted octanol–water partition coefficient (Wildman–Crippen LogP) is 5.25. The Labute approximate surface area is 213 Å². The standard InChI is InChI=1S/C27H30F3N3O4/c1-17-20(25(34)4-3-13-36-2)7-8-24-22(17)16-33(31-24)15-18-9-11-32(12-10-18)26(35)21-6-5-19(14-23(21)28)37-27(29)30/h5-8,14,16,18,27H,3-4,9-13,15H2,1-2H3.